The Kier molecular flexibility index (Phi) is 9.17. The number of aliphatic imine (C=N–C) groups is 2. The molecule has 4 heteroatoms. The Hall–Kier alpha value is -1.45. The van der Waals surface area contributed by atoms with Gasteiger partial charge in [0.15, 0.2) is 0 Å². The average molecular weight is 225 g/mol. The molecule has 0 saturated heterocycles. The number of amides is 1. The highest BCUT2D eigenvalue weighted by atomic mass is 16.1. The Morgan fingerprint density at radius 1 is 1.56 bits per heavy atom. The highest BCUT2D eigenvalue weighted by molar-refractivity contribution is 6.34. The van der Waals surface area contributed by atoms with Gasteiger partial charge in [0.25, 0.3) is 0 Å². The predicted octanol–water partition coefficient (Wildman–Crippen LogP) is 1.87. The van der Waals surface area contributed by atoms with Gasteiger partial charge in [-0.25, -0.2) is 0 Å². The molecule has 0 radical (unpaired) electrons. The highest BCUT2D eigenvalue weighted by Crippen LogP contribution is 1.91. The number of carbonyl (C=O) groups excluding carboxylic acids is 1. The summed E-state index contributed by atoms with van der Waals surface area (Å²) in [4.78, 5) is 19.5. The number of hydrogen-bond acceptors (Lipinski definition) is 3. The smallest absolute Gasteiger partial charge is 0.226 e. The molecule has 1 aliphatic rings. The minimum Gasteiger partial charge on any atom is -0.352 e. The van der Waals surface area contributed by atoms with Gasteiger partial charge in [0, 0.05) is 14.2 Å². The second-order valence-corrected chi connectivity index (χ2v) is 2.96. The van der Waals surface area contributed by atoms with Crippen LogP contribution in [-0.2, 0) is 4.79 Å². The third-order valence-corrected chi connectivity index (χ3v) is 1.78. The Morgan fingerprint density at radius 2 is 2.31 bits per heavy atom. The zero-order valence-corrected chi connectivity index (χ0v) is 10.4. The van der Waals surface area contributed by atoms with E-state index in [4.69, 9.17) is 0 Å². The number of nitrogens with one attached hydrogen (secondary N) is 1. The maximum absolute atomic E-state index is 11.3. The van der Waals surface area contributed by atoms with Gasteiger partial charge in [-0.2, -0.15) is 0 Å². The molecule has 0 saturated carbocycles. The van der Waals surface area contributed by atoms with Gasteiger partial charge in [-0.1, -0.05) is 26.0 Å². The van der Waals surface area contributed by atoms with Gasteiger partial charge in [0.1, 0.15) is 0 Å². The second kappa shape index (κ2) is 10.1. The number of rotatable bonds is 4. The first-order valence-corrected chi connectivity index (χ1v) is 5.74. The van der Waals surface area contributed by atoms with E-state index in [9.17, 15) is 4.79 Å². The van der Waals surface area contributed by atoms with Gasteiger partial charge >= 0.3 is 0 Å². The zero-order chi connectivity index (χ0) is 12.2. The summed E-state index contributed by atoms with van der Waals surface area (Å²) in [6.45, 7) is 7.95. The van der Waals surface area contributed by atoms with E-state index in [-0.39, 0.29) is 7.33 Å². The fourth-order valence-electron chi connectivity index (χ4n) is 1.08. The SMILES string of the molecule is C/C=C/CNC(=O)CC1=NCCN=C1.CC.[HH]. The minimum absolute atomic E-state index is 0. The second-order valence-electron chi connectivity index (χ2n) is 2.96. The van der Waals surface area contributed by atoms with Crippen LogP contribution in [0.4, 0.5) is 0 Å². The molecule has 0 bridgehead atoms. The molecule has 1 aliphatic heterocycles. The molecule has 0 spiro atoms. The largest absolute Gasteiger partial charge is 0.352 e. The average Bonchev–Trinajstić information content (AvgIpc) is 2.33. The van der Waals surface area contributed by atoms with Crippen LogP contribution in [0.5, 0.6) is 0 Å². The molecule has 0 atom stereocenters. The van der Waals surface area contributed by atoms with Gasteiger partial charge < -0.3 is 5.32 Å². The van der Waals surface area contributed by atoms with Crippen molar-refractivity contribution in [2.24, 2.45) is 9.98 Å². The van der Waals surface area contributed by atoms with E-state index < -0.39 is 0 Å². The summed E-state index contributed by atoms with van der Waals surface area (Å²) < 4.78 is 0. The van der Waals surface area contributed by atoms with Crippen LogP contribution < -0.4 is 5.32 Å². The highest BCUT2D eigenvalue weighted by Gasteiger charge is 2.05. The molecule has 0 aliphatic carbocycles. The molecule has 92 valence electrons. The molecule has 0 aromatic carbocycles. The van der Waals surface area contributed by atoms with E-state index in [1.54, 1.807) is 6.21 Å². The van der Waals surface area contributed by atoms with E-state index in [0.717, 1.165) is 12.3 Å². The van der Waals surface area contributed by atoms with E-state index in [2.05, 4.69) is 15.3 Å². The Balaban J connectivity index is 0. The van der Waals surface area contributed by atoms with Gasteiger partial charge in [0.2, 0.25) is 5.91 Å². The summed E-state index contributed by atoms with van der Waals surface area (Å²) in [7, 11) is 0. The molecule has 1 N–H and O–H groups in total. The number of nitrogens with zero attached hydrogens (tertiary/aromatic N) is 2. The van der Waals surface area contributed by atoms with Crippen LogP contribution in [0.3, 0.4) is 0 Å². The van der Waals surface area contributed by atoms with Crippen molar-refractivity contribution in [1.82, 2.24) is 5.32 Å². The quantitative estimate of drug-likeness (QED) is 0.730. The summed E-state index contributed by atoms with van der Waals surface area (Å²) in [5.41, 5.74) is 0.772. The van der Waals surface area contributed by atoms with Crippen LogP contribution in [0.1, 0.15) is 28.6 Å². The summed E-state index contributed by atoms with van der Waals surface area (Å²) in [6.07, 6.45) is 5.81. The Labute approximate surface area is 99.1 Å². The van der Waals surface area contributed by atoms with Crippen LogP contribution in [0.15, 0.2) is 22.1 Å². The molecular formula is C12H23N3O. The first-order valence-electron chi connectivity index (χ1n) is 5.74. The molecule has 1 heterocycles. The van der Waals surface area contributed by atoms with E-state index in [1.165, 1.54) is 0 Å². The van der Waals surface area contributed by atoms with Gasteiger partial charge in [0.05, 0.1) is 25.2 Å². The fourth-order valence-corrected chi connectivity index (χ4v) is 1.08. The lowest BCUT2D eigenvalue weighted by atomic mass is 10.2. The minimum atomic E-state index is -0.00444. The lowest BCUT2D eigenvalue weighted by Gasteiger charge is -2.05. The first kappa shape index (κ1) is 14.6. The van der Waals surface area contributed by atoms with Crippen molar-refractivity contribution in [3.63, 3.8) is 0 Å². The summed E-state index contributed by atoms with van der Waals surface area (Å²) in [6, 6.07) is 0. The summed E-state index contributed by atoms with van der Waals surface area (Å²) in [5, 5.41) is 2.76. The maximum Gasteiger partial charge on any atom is 0.226 e. The zero-order valence-electron chi connectivity index (χ0n) is 10.4. The van der Waals surface area contributed by atoms with Crippen molar-refractivity contribution in [3.8, 4) is 0 Å². The number of allylic oxidation sites excluding steroid dienone is 1. The Morgan fingerprint density at radius 3 is 2.88 bits per heavy atom. The molecule has 1 rings (SSSR count). The molecule has 1 amide bonds. The van der Waals surface area contributed by atoms with Crippen molar-refractivity contribution in [1.29, 1.82) is 0 Å². The van der Waals surface area contributed by atoms with Crippen LogP contribution in [0, 0.1) is 0 Å². The van der Waals surface area contributed by atoms with E-state index in [1.807, 2.05) is 32.9 Å². The van der Waals surface area contributed by atoms with E-state index in [0.29, 0.717) is 19.5 Å². The maximum atomic E-state index is 11.3. The van der Waals surface area contributed by atoms with Crippen molar-refractivity contribution in [2.45, 2.75) is 27.2 Å². The van der Waals surface area contributed by atoms with Crippen molar-refractivity contribution in [3.05, 3.63) is 12.2 Å². The Bertz CT molecular complexity index is 285. The topological polar surface area (TPSA) is 53.8 Å². The van der Waals surface area contributed by atoms with E-state index >= 15 is 0 Å². The molecule has 4 nitrogen and oxygen atoms in total. The van der Waals surface area contributed by atoms with Crippen LogP contribution in [-0.4, -0.2) is 37.5 Å². The van der Waals surface area contributed by atoms with Gasteiger partial charge in [-0.3, -0.25) is 14.8 Å². The van der Waals surface area contributed by atoms with Crippen LogP contribution in [0.2, 0.25) is 0 Å². The lowest BCUT2D eigenvalue weighted by molar-refractivity contribution is -0.119. The molecule has 16 heavy (non-hydrogen) atoms. The molecule has 0 fully saturated rings. The van der Waals surface area contributed by atoms with Gasteiger partial charge in [-0.05, 0) is 6.92 Å². The third kappa shape index (κ3) is 6.92. The van der Waals surface area contributed by atoms with Crippen molar-refractivity contribution in [2.75, 3.05) is 19.6 Å². The molecular weight excluding hydrogens is 202 g/mol. The van der Waals surface area contributed by atoms with Crippen LogP contribution in [0.25, 0.3) is 0 Å². The van der Waals surface area contributed by atoms with Gasteiger partial charge in [-0.15, -0.1) is 0 Å². The number of carbonyl (C=O) groups is 1. The normalized spacial score (nSPS) is 14.1. The third-order valence-electron chi connectivity index (χ3n) is 1.78. The summed E-state index contributed by atoms with van der Waals surface area (Å²) >= 11 is 0. The standard InChI is InChI=1S/C10H15N3O.C2H6.H2/c1-2-3-4-13-10(14)7-9-8-11-5-6-12-9;1-2;/h2-3,8H,4-7H2,1H3,(H,13,14);1-2H3;1H/b3-2+;;. The monoisotopic (exact) mass is 225 g/mol. The number of hydrogen-bond donors (Lipinski definition) is 1. The van der Waals surface area contributed by atoms with Crippen LogP contribution >= 0.6 is 0 Å². The molecule has 0 unspecified atom stereocenters. The fraction of sp³-hybridized carbons (Fsp3) is 0.583. The van der Waals surface area contributed by atoms with Crippen molar-refractivity contribution >= 4 is 17.8 Å². The lowest BCUT2D eigenvalue weighted by Crippen LogP contribution is -2.27. The predicted molar refractivity (Wildman–Crippen MR) is 71.6 cm³/mol. The van der Waals surface area contributed by atoms with Crippen molar-refractivity contribution < 1.29 is 6.22 Å². The molecule has 0 aromatic rings. The first-order chi connectivity index (χ1) is 7.83. The molecule has 0 aromatic heterocycles. The summed E-state index contributed by atoms with van der Waals surface area (Å²) in [5.74, 6) is -0.00444.